The Labute approximate surface area is 121 Å². The number of benzene rings is 1. The Morgan fingerprint density at radius 2 is 1.95 bits per heavy atom. The third-order valence-corrected chi connectivity index (χ3v) is 2.91. The first-order valence-electron chi connectivity index (χ1n) is 6.44. The van der Waals surface area contributed by atoms with E-state index < -0.39 is 0 Å². The first-order chi connectivity index (χ1) is 10.2. The zero-order valence-electron chi connectivity index (χ0n) is 11.4. The van der Waals surface area contributed by atoms with Gasteiger partial charge < -0.3 is 10.5 Å². The Morgan fingerprint density at radius 3 is 2.67 bits per heavy atom. The van der Waals surface area contributed by atoms with Crippen molar-refractivity contribution in [3.63, 3.8) is 0 Å². The smallest absolute Gasteiger partial charge is 0.323 e. The maximum absolute atomic E-state index is 5.74. The van der Waals surface area contributed by atoms with Gasteiger partial charge in [0.15, 0.2) is 0 Å². The highest BCUT2D eigenvalue weighted by Gasteiger charge is 2.12. The van der Waals surface area contributed by atoms with E-state index in [4.69, 9.17) is 10.5 Å². The minimum atomic E-state index is -0.191. The number of nitrogen functional groups attached to an aromatic ring is 1. The molecule has 0 spiro atoms. The van der Waals surface area contributed by atoms with Crippen LogP contribution in [0.25, 0.3) is 5.95 Å². The van der Waals surface area contributed by atoms with Gasteiger partial charge in [0.05, 0.1) is 0 Å². The lowest BCUT2D eigenvalue weighted by atomic mass is 10.1. The molecule has 0 saturated carbocycles. The van der Waals surface area contributed by atoms with E-state index in [0.717, 1.165) is 5.56 Å². The molecule has 3 rings (SSSR count). The maximum atomic E-state index is 5.74. The summed E-state index contributed by atoms with van der Waals surface area (Å²) >= 11 is 0. The van der Waals surface area contributed by atoms with Crippen molar-refractivity contribution in [2.24, 2.45) is 0 Å². The van der Waals surface area contributed by atoms with Crippen LogP contribution >= 0.6 is 0 Å². The van der Waals surface area contributed by atoms with Crippen molar-refractivity contribution in [3.8, 4) is 12.0 Å². The van der Waals surface area contributed by atoms with Crippen LogP contribution in [0.1, 0.15) is 18.6 Å². The fourth-order valence-corrected chi connectivity index (χ4v) is 1.86. The Hall–Kier alpha value is -2.96. The second kappa shape index (κ2) is 5.58. The van der Waals surface area contributed by atoms with Crippen molar-refractivity contribution in [2.45, 2.75) is 13.0 Å². The summed E-state index contributed by atoms with van der Waals surface area (Å²) in [5, 5.41) is 0. The molecule has 0 bridgehead atoms. The number of imidazole rings is 1. The van der Waals surface area contributed by atoms with Gasteiger partial charge in [-0.25, -0.2) is 4.98 Å². The summed E-state index contributed by atoms with van der Waals surface area (Å²) in [6.07, 6.45) is 4.74. The highest BCUT2D eigenvalue weighted by atomic mass is 16.5. The van der Waals surface area contributed by atoms with Crippen LogP contribution in [0.15, 0.2) is 49.1 Å². The molecule has 0 amide bonds. The molecule has 1 atom stereocenters. The molecular formula is C14H14N6O. The van der Waals surface area contributed by atoms with E-state index in [1.54, 1.807) is 23.3 Å². The van der Waals surface area contributed by atoms with Gasteiger partial charge in [-0.3, -0.25) is 4.57 Å². The summed E-state index contributed by atoms with van der Waals surface area (Å²) in [5.41, 5.74) is 6.73. The van der Waals surface area contributed by atoms with Gasteiger partial charge in [0.25, 0.3) is 0 Å². The Morgan fingerprint density at radius 1 is 1.14 bits per heavy atom. The molecule has 7 heteroatoms. The topological polar surface area (TPSA) is 91.7 Å². The minimum absolute atomic E-state index is 0.101. The highest BCUT2D eigenvalue weighted by molar-refractivity contribution is 5.26. The maximum Gasteiger partial charge on any atom is 0.323 e. The molecule has 106 valence electrons. The van der Waals surface area contributed by atoms with E-state index in [0.29, 0.717) is 5.95 Å². The van der Waals surface area contributed by atoms with Crippen molar-refractivity contribution in [1.29, 1.82) is 0 Å². The molecule has 1 aromatic carbocycles. The van der Waals surface area contributed by atoms with E-state index in [-0.39, 0.29) is 18.1 Å². The first-order valence-corrected chi connectivity index (χ1v) is 6.44. The molecule has 2 heterocycles. The number of hydrogen-bond donors (Lipinski definition) is 1. The predicted octanol–water partition coefficient (Wildman–Crippen LogP) is 1.78. The SMILES string of the molecule is CC(Oc1nc(N)nc(-n2ccnc2)n1)c1ccccc1. The van der Waals surface area contributed by atoms with Gasteiger partial charge >= 0.3 is 6.01 Å². The van der Waals surface area contributed by atoms with Gasteiger partial charge in [-0.15, -0.1) is 0 Å². The number of aromatic nitrogens is 5. The lowest BCUT2D eigenvalue weighted by Crippen LogP contribution is -2.10. The number of ether oxygens (including phenoxy) is 1. The summed E-state index contributed by atoms with van der Waals surface area (Å²) < 4.78 is 7.38. The minimum Gasteiger partial charge on any atom is -0.455 e. The standard InChI is InChI=1S/C14H14N6O/c1-10(11-5-3-2-4-6-11)21-14-18-12(15)17-13(19-14)20-8-7-16-9-20/h2-10H,1H3,(H2,15,17,18,19). The van der Waals surface area contributed by atoms with Crippen LogP contribution in [0.3, 0.4) is 0 Å². The van der Waals surface area contributed by atoms with E-state index >= 15 is 0 Å². The Bertz CT molecular complexity index is 714. The molecule has 0 aliphatic carbocycles. The van der Waals surface area contributed by atoms with Gasteiger partial charge in [0, 0.05) is 12.4 Å². The zero-order valence-corrected chi connectivity index (χ0v) is 11.4. The first kappa shape index (κ1) is 13.0. The van der Waals surface area contributed by atoms with Crippen LogP contribution in [-0.4, -0.2) is 24.5 Å². The third kappa shape index (κ3) is 2.97. The van der Waals surface area contributed by atoms with E-state index in [1.165, 1.54) is 0 Å². The summed E-state index contributed by atoms with van der Waals surface area (Å²) in [5.74, 6) is 0.472. The summed E-state index contributed by atoms with van der Waals surface area (Å²) in [6, 6.07) is 10.00. The van der Waals surface area contributed by atoms with E-state index in [2.05, 4.69) is 19.9 Å². The molecule has 0 saturated heterocycles. The number of nitrogens with two attached hydrogens (primary N) is 1. The average molecular weight is 282 g/mol. The molecule has 1 unspecified atom stereocenters. The molecule has 3 aromatic rings. The summed E-state index contributed by atoms with van der Waals surface area (Å²) in [6.45, 7) is 1.92. The largest absolute Gasteiger partial charge is 0.455 e. The van der Waals surface area contributed by atoms with Gasteiger partial charge in [0.1, 0.15) is 12.4 Å². The predicted molar refractivity (Wildman–Crippen MR) is 76.8 cm³/mol. The molecule has 2 aromatic heterocycles. The van der Waals surface area contributed by atoms with Gasteiger partial charge in [-0.1, -0.05) is 30.3 Å². The summed E-state index contributed by atoms with van der Waals surface area (Å²) in [7, 11) is 0. The van der Waals surface area contributed by atoms with Crippen LogP contribution in [-0.2, 0) is 0 Å². The van der Waals surface area contributed by atoms with Crippen molar-refractivity contribution in [2.75, 3.05) is 5.73 Å². The number of rotatable bonds is 4. The Balaban J connectivity index is 1.86. The lowest BCUT2D eigenvalue weighted by Gasteiger charge is -2.13. The van der Waals surface area contributed by atoms with Crippen molar-refractivity contribution < 1.29 is 4.74 Å². The van der Waals surface area contributed by atoms with Crippen LogP contribution < -0.4 is 10.5 Å². The molecule has 0 aliphatic heterocycles. The van der Waals surface area contributed by atoms with Crippen molar-refractivity contribution >= 4 is 5.95 Å². The molecule has 0 radical (unpaired) electrons. The molecular weight excluding hydrogens is 268 g/mol. The molecule has 21 heavy (non-hydrogen) atoms. The molecule has 2 N–H and O–H groups in total. The van der Waals surface area contributed by atoms with Gasteiger partial charge in [-0.2, -0.15) is 15.0 Å². The quantitative estimate of drug-likeness (QED) is 0.784. The van der Waals surface area contributed by atoms with Crippen molar-refractivity contribution in [3.05, 3.63) is 54.6 Å². The molecule has 0 fully saturated rings. The zero-order chi connectivity index (χ0) is 14.7. The molecule has 0 aliphatic rings. The van der Waals surface area contributed by atoms with E-state index in [1.807, 2.05) is 37.3 Å². The normalized spacial score (nSPS) is 12.0. The monoisotopic (exact) mass is 282 g/mol. The fourth-order valence-electron chi connectivity index (χ4n) is 1.86. The number of anilines is 1. The van der Waals surface area contributed by atoms with Crippen LogP contribution in [0.5, 0.6) is 6.01 Å². The second-order valence-electron chi connectivity index (χ2n) is 4.42. The summed E-state index contributed by atoms with van der Waals surface area (Å²) in [4.78, 5) is 16.3. The Kier molecular flexibility index (Phi) is 3.46. The van der Waals surface area contributed by atoms with Crippen LogP contribution in [0.2, 0.25) is 0 Å². The van der Waals surface area contributed by atoms with Gasteiger partial charge in [0.2, 0.25) is 11.9 Å². The van der Waals surface area contributed by atoms with Crippen LogP contribution in [0.4, 0.5) is 5.95 Å². The lowest BCUT2D eigenvalue weighted by molar-refractivity contribution is 0.207. The molecule has 7 nitrogen and oxygen atoms in total. The number of hydrogen-bond acceptors (Lipinski definition) is 6. The highest BCUT2D eigenvalue weighted by Crippen LogP contribution is 2.19. The number of nitrogens with zero attached hydrogens (tertiary/aromatic N) is 5. The van der Waals surface area contributed by atoms with E-state index in [9.17, 15) is 0 Å². The van der Waals surface area contributed by atoms with Crippen LogP contribution in [0, 0.1) is 0 Å². The fraction of sp³-hybridized carbons (Fsp3) is 0.143. The van der Waals surface area contributed by atoms with Crippen molar-refractivity contribution in [1.82, 2.24) is 24.5 Å². The van der Waals surface area contributed by atoms with Gasteiger partial charge in [-0.05, 0) is 12.5 Å². The third-order valence-electron chi connectivity index (χ3n) is 2.91. The second-order valence-corrected chi connectivity index (χ2v) is 4.42. The average Bonchev–Trinajstić information content (AvgIpc) is 3.02.